The molecule has 0 N–H and O–H groups in total. The molecule has 0 bridgehead atoms. The molecule has 8 heteroatoms. The Morgan fingerprint density at radius 1 is 0.821 bits per heavy atom. The van der Waals surface area contributed by atoms with E-state index in [0.717, 1.165) is 5.69 Å². The molecule has 1 saturated heterocycles. The van der Waals surface area contributed by atoms with Crippen molar-refractivity contribution in [1.82, 2.24) is 4.90 Å². The van der Waals surface area contributed by atoms with Crippen LogP contribution < -0.4 is 19.1 Å². The van der Waals surface area contributed by atoms with Crippen molar-refractivity contribution >= 4 is 34.8 Å². The highest BCUT2D eigenvalue weighted by molar-refractivity contribution is 6.35. The first kappa shape index (κ1) is 20.4. The summed E-state index contributed by atoms with van der Waals surface area (Å²) in [6.45, 7) is 2.52. The predicted molar refractivity (Wildman–Crippen MR) is 111 cm³/mol. The van der Waals surface area contributed by atoms with Crippen molar-refractivity contribution in [3.63, 3.8) is 0 Å². The minimum Gasteiger partial charge on any atom is -0.493 e. The van der Waals surface area contributed by atoms with Crippen molar-refractivity contribution in [2.45, 2.75) is 0 Å². The Kier molecular flexibility index (Phi) is 6.42. The number of methoxy groups -OCH3 is 3. The smallest absolute Gasteiger partial charge is 0.254 e. The van der Waals surface area contributed by atoms with Crippen molar-refractivity contribution in [1.29, 1.82) is 0 Å². The van der Waals surface area contributed by atoms with Crippen LogP contribution in [0.5, 0.6) is 17.2 Å². The molecule has 0 saturated carbocycles. The van der Waals surface area contributed by atoms with E-state index in [1.165, 1.54) is 0 Å². The summed E-state index contributed by atoms with van der Waals surface area (Å²) in [5, 5.41) is 0.902. The summed E-state index contributed by atoms with van der Waals surface area (Å²) in [4.78, 5) is 16.7. The molecule has 2 aromatic rings. The van der Waals surface area contributed by atoms with Crippen LogP contribution >= 0.6 is 23.2 Å². The highest BCUT2D eigenvalue weighted by Crippen LogP contribution is 2.41. The van der Waals surface area contributed by atoms with Gasteiger partial charge in [-0.05, 0) is 18.2 Å². The number of nitrogens with zero attached hydrogens (tertiary/aromatic N) is 2. The van der Waals surface area contributed by atoms with Gasteiger partial charge in [-0.3, -0.25) is 4.79 Å². The summed E-state index contributed by atoms with van der Waals surface area (Å²) in [7, 11) is 4.76. The molecule has 0 aromatic heterocycles. The normalized spacial score (nSPS) is 14.0. The summed E-state index contributed by atoms with van der Waals surface area (Å²) in [5.41, 5.74) is 1.45. The average Bonchev–Trinajstić information content (AvgIpc) is 2.71. The monoisotopic (exact) mass is 424 g/mol. The highest BCUT2D eigenvalue weighted by atomic mass is 35.5. The largest absolute Gasteiger partial charge is 0.493 e. The first-order valence-corrected chi connectivity index (χ1v) is 9.52. The van der Waals surface area contributed by atoms with Crippen molar-refractivity contribution in [2.75, 3.05) is 52.4 Å². The number of carbonyl (C=O) groups excluding carboxylic acids is 1. The Bertz CT molecular complexity index is 822. The fraction of sp³-hybridized carbons (Fsp3) is 0.350. The molecule has 0 unspecified atom stereocenters. The van der Waals surface area contributed by atoms with E-state index >= 15 is 0 Å². The van der Waals surface area contributed by atoms with Gasteiger partial charge < -0.3 is 24.0 Å². The molecule has 1 aliphatic heterocycles. The van der Waals surface area contributed by atoms with Crippen LogP contribution in [-0.4, -0.2) is 58.3 Å². The van der Waals surface area contributed by atoms with Gasteiger partial charge in [0.1, 0.15) is 0 Å². The van der Waals surface area contributed by atoms with Gasteiger partial charge in [-0.25, -0.2) is 0 Å². The summed E-state index contributed by atoms with van der Waals surface area (Å²) >= 11 is 12.0. The Hall–Kier alpha value is -2.31. The summed E-state index contributed by atoms with van der Waals surface area (Å²) < 4.78 is 16.2. The molecule has 0 radical (unpaired) electrons. The Labute approximate surface area is 174 Å². The lowest BCUT2D eigenvalue weighted by Crippen LogP contribution is -2.48. The maximum absolute atomic E-state index is 12.8. The van der Waals surface area contributed by atoms with E-state index in [-0.39, 0.29) is 5.91 Å². The van der Waals surface area contributed by atoms with Crippen molar-refractivity contribution in [3.05, 3.63) is 45.9 Å². The number of rotatable bonds is 5. The maximum atomic E-state index is 12.8. The molecule has 3 rings (SSSR count). The van der Waals surface area contributed by atoms with E-state index in [2.05, 4.69) is 4.90 Å². The van der Waals surface area contributed by atoms with Gasteiger partial charge in [0.15, 0.2) is 11.5 Å². The number of hydrogen-bond acceptors (Lipinski definition) is 5. The molecule has 1 amide bonds. The number of benzene rings is 2. The SMILES string of the molecule is COc1cc(N2CCN(C(=O)c3cc(Cl)cc(Cl)c3)CC2)cc(OC)c1OC. The number of hydrogen-bond donors (Lipinski definition) is 0. The van der Waals surface area contributed by atoms with Gasteiger partial charge in [0.25, 0.3) is 5.91 Å². The molecule has 6 nitrogen and oxygen atoms in total. The van der Waals surface area contributed by atoms with Gasteiger partial charge in [0.05, 0.1) is 21.3 Å². The molecular formula is C20H22Cl2N2O4. The minimum absolute atomic E-state index is 0.0751. The molecule has 0 atom stereocenters. The van der Waals surface area contributed by atoms with E-state index in [4.69, 9.17) is 37.4 Å². The van der Waals surface area contributed by atoms with E-state index in [1.807, 2.05) is 12.1 Å². The Morgan fingerprint density at radius 2 is 1.36 bits per heavy atom. The molecule has 1 fully saturated rings. The lowest BCUT2D eigenvalue weighted by atomic mass is 10.1. The first-order valence-electron chi connectivity index (χ1n) is 8.77. The van der Waals surface area contributed by atoms with E-state index in [1.54, 1.807) is 44.4 Å². The number of halogens is 2. The highest BCUT2D eigenvalue weighted by Gasteiger charge is 2.24. The molecule has 150 valence electrons. The van der Waals surface area contributed by atoms with Gasteiger partial charge in [0.2, 0.25) is 5.75 Å². The number of anilines is 1. The fourth-order valence-corrected chi connectivity index (χ4v) is 3.80. The van der Waals surface area contributed by atoms with Crippen LogP contribution in [-0.2, 0) is 0 Å². The van der Waals surface area contributed by atoms with Gasteiger partial charge in [-0.1, -0.05) is 23.2 Å². The van der Waals surface area contributed by atoms with Crippen molar-refractivity contribution < 1.29 is 19.0 Å². The second kappa shape index (κ2) is 8.80. The van der Waals surface area contributed by atoms with Crippen molar-refractivity contribution in [3.8, 4) is 17.2 Å². The zero-order valence-electron chi connectivity index (χ0n) is 16.0. The van der Waals surface area contributed by atoms with Crippen molar-refractivity contribution in [2.24, 2.45) is 0 Å². The van der Waals surface area contributed by atoms with Gasteiger partial charge >= 0.3 is 0 Å². The molecule has 1 aliphatic rings. The molecule has 28 heavy (non-hydrogen) atoms. The predicted octanol–water partition coefficient (Wildman–Crippen LogP) is 3.98. The second-order valence-electron chi connectivity index (χ2n) is 6.32. The minimum atomic E-state index is -0.0751. The number of carbonyl (C=O) groups is 1. The summed E-state index contributed by atoms with van der Waals surface area (Å²) in [5.74, 6) is 1.68. The summed E-state index contributed by atoms with van der Waals surface area (Å²) in [6.07, 6.45) is 0. The van der Waals surface area contributed by atoms with E-state index in [0.29, 0.717) is 59.0 Å². The van der Waals surface area contributed by atoms with Gasteiger partial charge in [-0.2, -0.15) is 0 Å². The maximum Gasteiger partial charge on any atom is 0.254 e. The number of amides is 1. The fourth-order valence-electron chi connectivity index (χ4n) is 3.28. The second-order valence-corrected chi connectivity index (χ2v) is 7.19. The third kappa shape index (κ3) is 4.23. The van der Waals surface area contributed by atoms with E-state index in [9.17, 15) is 4.79 Å². The van der Waals surface area contributed by atoms with Crippen LogP contribution in [0.2, 0.25) is 10.0 Å². The average molecular weight is 425 g/mol. The number of ether oxygens (including phenoxy) is 3. The van der Waals surface area contributed by atoms with Crippen LogP contribution in [0.1, 0.15) is 10.4 Å². The molecule has 0 spiro atoms. The molecule has 0 aliphatic carbocycles. The van der Waals surface area contributed by atoms with Gasteiger partial charge in [-0.15, -0.1) is 0 Å². The van der Waals surface area contributed by atoms with Crippen LogP contribution in [0.3, 0.4) is 0 Å². The quantitative estimate of drug-likeness (QED) is 0.726. The Morgan fingerprint density at radius 3 is 1.82 bits per heavy atom. The third-order valence-electron chi connectivity index (χ3n) is 4.69. The van der Waals surface area contributed by atoms with Crippen LogP contribution in [0.25, 0.3) is 0 Å². The number of piperazine rings is 1. The topological polar surface area (TPSA) is 51.2 Å². The van der Waals surface area contributed by atoms with Crippen LogP contribution in [0, 0.1) is 0 Å². The zero-order valence-corrected chi connectivity index (χ0v) is 17.5. The molecule has 2 aromatic carbocycles. The first-order chi connectivity index (χ1) is 13.5. The summed E-state index contributed by atoms with van der Waals surface area (Å²) in [6, 6.07) is 8.72. The third-order valence-corrected chi connectivity index (χ3v) is 5.13. The van der Waals surface area contributed by atoms with E-state index < -0.39 is 0 Å². The lowest BCUT2D eigenvalue weighted by molar-refractivity contribution is 0.0746. The molecule has 1 heterocycles. The zero-order chi connectivity index (χ0) is 20.3. The lowest BCUT2D eigenvalue weighted by Gasteiger charge is -2.36. The van der Waals surface area contributed by atoms with Gasteiger partial charge in [0, 0.05) is 59.6 Å². The van der Waals surface area contributed by atoms with Crippen LogP contribution in [0.4, 0.5) is 5.69 Å². The standard InChI is InChI=1S/C20H22Cl2N2O4/c1-26-17-11-16(12-18(27-2)19(17)28-3)23-4-6-24(7-5-23)20(25)13-8-14(21)10-15(22)9-13/h8-12H,4-7H2,1-3H3. The Balaban J connectivity index is 1.74. The van der Waals surface area contributed by atoms with Crippen LogP contribution in [0.15, 0.2) is 30.3 Å². The molecular weight excluding hydrogens is 403 g/mol.